The van der Waals surface area contributed by atoms with Gasteiger partial charge >= 0.3 is 7.12 Å². The van der Waals surface area contributed by atoms with Gasteiger partial charge in [0.25, 0.3) is 0 Å². The average Bonchev–Trinajstić information content (AvgIpc) is 3.05. The summed E-state index contributed by atoms with van der Waals surface area (Å²) in [5.41, 5.74) is 0.339. The van der Waals surface area contributed by atoms with Gasteiger partial charge in [-0.15, -0.1) is 5.10 Å². The number of aryl methyl sites for hydroxylation is 1. The highest BCUT2D eigenvalue weighted by atomic mass is 35.5. The molecule has 1 aliphatic rings. The number of benzene rings is 1. The van der Waals surface area contributed by atoms with Crippen molar-refractivity contribution in [3.63, 3.8) is 0 Å². The van der Waals surface area contributed by atoms with Gasteiger partial charge in [0.15, 0.2) is 0 Å². The number of hydrogen-bond donors (Lipinski definition) is 0. The molecule has 5 nitrogen and oxygen atoms in total. The molecule has 0 spiro atoms. The van der Waals surface area contributed by atoms with Gasteiger partial charge in [0.05, 0.1) is 23.1 Å². The Morgan fingerprint density at radius 3 is 2.48 bits per heavy atom. The van der Waals surface area contributed by atoms with Gasteiger partial charge in [-0.2, -0.15) is 0 Å². The molecule has 0 amide bonds. The summed E-state index contributed by atoms with van der Waals surface area (Å²) >= 11 is 6.13. The maximum atomic E-state index is 14.5. The molecule has 0 radical (unpaired) electrons. The van der Waals surface area contributed by atoms with Crippen molar-refractivity contribution in [1.82, 2.24) is 15.0 Å². The monoisotopic (exact) mass is 363 g/mol. The highest BCUT2D eigenvalue weighted by Crippen LogP contribution is 2.39. The highest BCUT2D eigenvalue weighted by Gasteiger charge is 2.53. The van der Waals surface area contributed by atoms with E-state index in [0.29, 0.717) is 10.7 Å². The summed E-state index contributed by atoms with van der Waals surface area (Å²) in [4.78, 5) is 0. The average molecular weight is 364 g/mol. The van der Waals surface area contributed by atoms with Crippen LogP contribution >= 0.6 is 11.6 Å². The maximum absolute atomic E-state index is 14.5. The molecule has 1 fully saturated rings. The lowest BCUT2D eigenvalue weighted by Gasteiger charge is -2.32. The Hall–Kier alpha value is -1.70. The zero-order valence-corrected chi connectivity index (χ0v) is 15.6. The SMILES string of the molecule is Cc1ccc(-n2cc(C=C(F)B3OC(C)(C)C(C)(C)O3)nn2)cc1Cl. The van der Waals surface area contributed by atoms with Crippen molar-refractivity contribution in [3.8, 4) is 5.69 Å². The van der Waals surface area contributed by atoms with E-state index < -0.39 is 24.0 Å². The van der Waals surface area contributed by atoms with Crippen LogP contribution in [0.1, 0.15) is 39.0 Å². The van der Waals surface area contributed by atoms with E-state index in [4.69, 9.17) is 20.9 Å². The second-order valence-corrected chi connectivity index (χ2v) is 7.55. The van der Waals surface area contributed by atoms with Crippen LogP contribution in [0.5, 0.6) is 0 Å². The van der Waals surface area contributed by atoms with E-state index >= 15 is 0 Å². The van der Waals surface area contributed by atoms with Gasteiger partial charge in [-0.25, -0.2) is 9.07 Å². The Balaban J connectivity index is 1.81. The normalized spacial score (nSPS) is 19.5. The number of halogens is 2. The van der Waals surface area contributed by atoms with Crippen LogP contribution in [0.15, 0.2) is 30.1 Å². The van der Waals surface area contributed by atoms with Crippen molar-refractivity contribution in [2.45, 2.75) is 45.8 Å². The standard InChI is InChI=1S/C17H20BClFN3O2/c1-11-6-7-13(9-14(11)19)23-10-12(21-22-23)8-15(20)18-24-16(2,3)17(4,5)25-18/h6-10H,1-5H3. The molecule has 132 valence electrons. The molecule has 1 aromatic heterocycles. The molecule has 1 aromatic carbocycles. The molecule has 1 aliphatic heterocycles. The third-order valence-electron chi connectivity index (χ3n) is 4.70. The number of aromatic nitrogens is 3. The maximum Gasteiger partial charge on any atom is 0.525 e. The summed E-state index contributed by atoms with van der Waals surface area (Å²) < 4.78 is 27.4. The largest absolute Gasteiger partial charge is 0.525 e. The van der Waals surface area contributed by atoms with Crippen molar-refractivity contribution in [2.75, 3.05) is 0 Å². The van der Waals surface area contributed by atoms with Crippen molar-refractivity contribution < 1.29 is 13.7 Å². The van der Waals surface area contributed by atoms with Gasteiger partial charge < -0.3 is 9.31 Å². The third-order valence-corrected chi connectivity index (χ3v) is 5.10. The van der Waals surface area contributed by atoms with E-state index in [0.717, 1.165) is 11.3 Å². The van der Waals surface area contributed by atoms with E-state index in [1.807, 2.05) is 46.8 Å². The zero-order chi connectivity index (χ0) is 18.4. The van der Waals surface area contributed by atoms with Crippen LogP contribution in [0.3, 0.4) is 0 Å². The van der Waals surface area contributed by atoms with E-state index in [1.165, 1.54) is 10.8 Å². The van der Waals surface area contributed by atoms with Crippen molar-refractivity contribution in [2.24, 2.45) is 0 Å². The second kappa shape index (κ2) is 6.23. The first-order chi connectivity index (χ1) is 11.6. The lowest BCUT2D eigenvalue weighted by Crippen LogP contribution is -2.41. The zero-order valence-electron chi connectivity index (χ0n) is 14.9. The van der Waals surface area contributed by atoms with Gasteiger partial charge in [-0.3, -0.25) is 0 Å². The minimum atomic E-state index is -1.05. The number of rotatable bonds is 3. The lowest BCUT2D eigenvalue weighted by molar-refractivity contribution is 0.00578. The van der Waals surface area contributed by atoms with Crippen LogP contribution in [0.2, 0.25) is 5.02 Å². The third kappa shape index (κ3) is 3.49. The summed E-state index contributed by atoms with van der Waals surface area (Å²) in [7, 11) is -1.05. The highest BCUT2D eigenvalue weighted by molar-refractivity contribution is 6.54. The predicted molar refractivity (Wildman–Crippen MR) is 96.3 cm³/mol. The summed E-state index contributed by atoms with van der Waals surface area (Å²) in [6.07, 6.45) is 2.88. The Morgan fingerprint density at radius 2 is 1.88 bits per heavy atom. The van der Waals surface area contributed by atoms with Gasteiger partial charge in [-0.05, 0) is 58.4 Å². The van der Waals surface area contributed by atoms with Crippen LogP contribution in [-0.4, -0.2) is 33.3 Å². The quantitative estimate of drug-likeness (QED) is 0.768. The Morgan fingerprint density at radius 1 is 1.24 bits per heavy atom. The van der Waals surface area contributed by atoms with E-state index in [1.54, 1.807) is 12.3 Å². The predicted octanol–water partition coefficient (Wildman–Crippen LogP) is 4.17. The molecule has 1 saturated heterocycles. The molecule has 25 heavy (non-hydrogen) atoms. The molecule has 0 bridgehead atoms. The molecule has 0 unspecified atom stereocenters. The Kier molecular flexibility index (Phi) is 4.51. The fraction of sp³-hybridized carbons (Fsp3) is 0.412. The molecule has 0 aliphatic carbocycles. The molecule has 2 aromatic rings. The molecule has 0 atom stereocenters. The van der Waals surface area contributed by atoms with Gasteiger partial charge in [0.2, 0.25) is 0 Å². The Labute approximate surface area is 151 Å². The van der Waals surface area contributed by atoms with Crippen molar-refractivity contribution in [3.05, 3.63) is 46.4 Å². The fourth-order valence-corrected chi connectivity index (χ4v) is 2.53. The van der Waals surface area contributed by atoms with Gasteiger partial charge in [0, 0.05) is 5.02 Å². The molecular weight excluding hydrogens is 343 g/mol. The van der Waals surface area contributed by atoms with Crippen LogP contribution in [0, 0.1) is 6.92 Å². The summed E-state index contributed by atoms with van der Waals surface area (Å²) in [6.45, 7) is 9.41. The smallest absolute Gasteiger partial charge is 0.398 e. The minimum absolute atomic E-state index is 0.365. The first kappa shape index (κ1) is 18.1. The van der Waals surface area contributed by atoms with Crippen molar-refractivity contribution in [1.29, 1.82) is 0 Å². The number of hydrogen-bond acceptors (Lipinski definition) is 4. The summed E-state index contributed by atoms with van der Waals surface area (Å²) in [5.74, 6) is 0. The summed E-state index contributed by atoms with van der Waals surface area (Å²) in [5, 5.41) is 8.61. The van der Waals surface area contributed by atoms with Crippen LogP contribution in [0.4, 0.5) is 4.39 Å². The van der Waals surface area contributed by atoms with E-state index in [2.05, 4.69) is 10.3 Å². The fourth-order valence-electron chi connectivity index (χ4n) is 2.36. The Bertz CT molecular complexity index is 819. The second-order valence-electron chi connectivity index (χ2n) is 7.14. The molecule has 8 heteroatoms. The molecule has 0 N–H and O–H groups in total. The topological polar surface area (TPSA) is 49.2 Å². The molecule has 0 saturated carbocycles. The number of nitrogens with zero attached hydrogens (tertiary/aromatic N) is 3. The lowest BCUT2D eigenvalue weighted by atomic mass is 9.87. The van der Waals surface area contributed by atoms with Crippen LogP contribution in [-0.2, 0) is 9.31 Å². The van der Waals surface area contributed by atoms with Gasteiger partial charge in [0.1, 0.15) is 11.4 Å². The first-order valence-corrected chi connectivity index (χ1v) is 8.38. The van der Waals surface area contributed by atoms with Crippen molar-refractivity contribution >= 4 is 24.8 Å². The van der Waals surface area contributed by atoms with Gasteiger partial charge in [-0.1, -0.05) is 22.9 Å². The van der Waals surface area contributed by atoms with Crippen LogP contribution in [0.25, 0.3) is 11.8 Å². The summed E-state index contributed by atoms with van der Waals surface area (Å²) in [6, 6.07) is 5.54. The van der Waals surface area contributed by atoms with Crippen LogP contribution < -0.4 is 0 Å². The molecule has 3 rings (SSSR count). The molecule has 2 heterocycles. The first-order valence-electron chi connectivity index (χ1n) is 8.01. The minimum Gasteiger partial charge on any atom is -0.398 e. The molecular formula is C17H20BClFN3O2. The van der Waals surface area contributed by atoms with E-state index in [9.17, 15) is 4.39 Å². The van der Waals surface area contributed by atoms with E-state index in [-0.39, 0.29) is 0 Å².